The molecule has 2 bridgehead atoms. The van der Waals surface area contributed by atoms with E-state index < -0.39 is 0 Å². The van der Waals surface area contributed by atoms with Crippen molar-refractivity contribution in [2.75, 3.05) is 5.32 Å². The first-order valence-electron chi connectivity index (χ1n) is 6.89. The summed E-state index contributed by atoms with van der Waals surface area (Å²) in [5.41, 5.74) is 1.77. The second kappa shape index (κ2) is 4.81. The van der Waals surface area contributed by atoms with Crippen molar-refractivity contribution in [1.82, 2.24) is 5.32 Å². The van der Waals surface area contributed by atoms with Gasteiger partial charge in [-0.3, -0.25) is 10.1 Å². The smallest absolute Gasteiger partial charge is 0.274 e. The number of nitro groups is 1. The lowest BCUT2D eigenvalue weighted by Gasteiger charge is -2.30. The summed E-state index contributed by atoms with van der Waals surface area (Å²) < 4.78 is 0. The third kappa shape index (κ3) is 2.56. The fourth-order valence-corrected chi connectivity index (χ4v) is 3.31. The molecule has 2 aliphatic rings. The van der Waals surface area contributed by atoms with Crippen LogP contribution >= 0.6 is 0 Å². The van der Waals surface area contributed by atoms with Gasteiger partial charge in [-0.25, -0.2) is 0 Å². The number of aryl methyl sites for hydroxylation is 1. The molecule has 1 aromatic rings. The van der Waals surface area contributed by atoms with Gasteiger partial charge in [-0.05, 0) is 38.7 Å². The fraction of sp³-hybridized carbons (Fsp3) is 0.571. The lowest BCUT2D eigenvalue weighted by molar-refractivity contribution is -0.385. The van der Waals surface area contributed by atoms with Gasteiger partial charge in [-0.1, -0.05) is 6.07 Å². The van der Waals surface area contributed by atoms with E-state index in [4.69, 9.17) is 0 Å². The van der Waals surface area contributed by atoms with Crippen molar-refractivity contribution in [3.63, 3.8) is 0 Å². The van der Waals surface area contributed by atoms with Gasteiger partial charge in [0.1, 0.15) is 0 Å². The molecule has 2 N–H and O–H groups in total. The zero-order chi connectivity index (χ0) is 13.4. The molecule has 1 aromatic carbocycles. The number of piperidine rings is 1. The summed E-state index contributed by atoms with van der Waals surface area (Å²) in [7, 11) is 0. The number of benzene rings is 1. The minimum Gasteiger partial charge on any atom is -0.382 e. The zero-order valence-corrected chi connectivity index (χ0v) is 11.1. The normalized spacial score (nSPS) is 29.2. The van der Waals surface area contributed by atoms with Gasteiger partial charge < -0.3 is 10.6 Å². The Hall–Kier alpha value is -1.62. The lowest BCUT2D eigenvalue weighted by atomic mass is 9.99. The topological polar surface area (TPSA) is 67.2 Å². The maximum absolute atomic E-state index is 10.9. The van der Waals surface area contributed by atoms with E-state index in [1.54, 1.807) is 13.0 Å². The van der Waals surface area contributed by atoms with Crippen LogP contribution in [0.3, 0.4) is 0 Å². The van der Waals surface area contributed by atoms with Crippen LogP contribution in [-0.4, -0.2) is 23.0 Å². The molecular weight excluding hydrogens is 242 g/mol. The van der Waals surface area contributed by atoms with Gasteiger partial charge in [-0.2, -0.15) is 0 Å². The fourth-order valence-electron chi connectivity index (χ4n) is 3.31. The summed E-state index contributed by atoms with van der Waals surface area (Å²) >= 11 is 0. The number of hydrogen-bond acceptors (Lipinski definition) is 4. The Morgan fingerprint density at radius 1 is 1.32 bits per heavy atom. The number of anilines is 1. The van der Waals surface area contributed by atoms with E-state index in [1.807, 2.05) is 12.1 Å². The van der Waals surface area contributed by atoms with Gasteiger partial charge >= 0.3 is 0 Å². The first-order chi connectivity index (χ1) is 9.11. The largest absolute Gasteiger partial charge is 0.382 e. The molecule has 0 saturated carbocycles. The summed E-state index contributed by atoms with van der Waals surface area (Å²) in [5, 5.41) is 18.0. The van der Waals surface area contributed by atoms with Crippen molar-refractivity contribution in [1.29, 1.82) is 0 Å². The first kappa shape index (κ1) is 12.4. The molecule has 2 aliphatic heterocycles. The number of nitrogens with one attached hydrogen (secondary N) is 2. The number of fused-ring (bicyclic) bond motifs is 2. The molecule has 19 heavy (non-hydrogen) atoms. The van der Waals surface area contributed by atoms with Gasteiger partial charge in [0.2, 0.25) is 0 Å². The molecular formula is C14H19N3O2. The van der Waals surface area contributed by atoms with Gasteiger partial charge in [-0.15, -0.1) is 0 Å². The Morgan fingerprint density at radius 2 is 2.00 bits per heavy atom. The van der Waals surface area contributed by atoms with Crippen LogP contribution in [0.15, 0.2) is 18.2 Å². The van der Waals surface area contributed by atoms with Crippen LogP contribution in [-0.2, 0) is 0 Å². The lowest BCUT2D eigenvalue weighted by Crippen LogP contribution is -2.43. The van der Waals surface area contributed by atoms with Gasteiger partial charge in [0.05, 0.1) is 4.92 Å². The van der Waals surface area contributed by atoms with E-state index in [0.29, 0.717) is 23.7 Å². The Labute approximate surface area is 112 Å². The highest BCUT2D eigenvalue weighted by Gasteiger charge is 2.33. The highest BCUT2D eigenvalue weighted by atomic mass is 16.6. The Balaban J connectivity index is 1.73. The molecule has 2 fully saturated rings. The summed E-state index contributed by atoms with van der Waals surface area (Å²) in [5.74, 6) is 0. The SMILES string of the molecule is Cc1ccc(NC2CC3CCC(C2)N3)cc1[N+](=O)[O-]. The van der Waals surface area contributed by atoms with Crippen molar-refractivity contribution in [3.05, 3.63) is 33.9 Å². The number of rotatable bonds is 3. The van der Waals surface area contributed by atoms with E-state index in [9.17, 15) is 10.1 Å². The number of hydrogen-bond donors (Lipinski definition) is 2. The highest BCUT2D eigenvalue weighted by molar-refractivity contribution is 5.55. The minimum absolute atomic E-state index is 0.196. The average Bonchev–Trinajstić information content (AvgIpc) is 2.71. The van der Waals surface area contributed by atoms with E-state index in [0.717, 1.165) is 18.5 Å². The average molecular weight is 261 g/mol. The van der Waals surface area contributed by atoms with Gasteiger partial charge in [0, 0.05) is 35.4 Å². The van der Waals surface area contributed by atoms with Crippen LogP contribution in [0, 0.1) is 17.0 Å². The third-order valence-electron chi connectivity index (χ3n) is 4.25. The first-order valence-corrected chi connectivity index (χ1v) is 6.89. The molecule has 2 atom stereocenters. The third-order valence-corrected chi connectivity index (χ3v) is 4.25. The molecule has 0 aromatic heterocycles. The van der Waals surface area contributed by atoms with Crippen LogP contribution in [0.1, 0.15) is 31.2 Å². The Morgan fingerprint density at radius 3 is 2.63 bits per heavy atom. The quantitative estimate of drug-likeness (QED) is 0.648. The molecule has 0 spiro atoms. The maximum atomic E-state index is 10.9. The molecule has 5 heteroatoms. The summed E-state index contributed by atoms with van der Waals surface area (Å²) in [6, 6.07) is 7.08. The van der Waals surface area contributed by atoms with Gasteiger partial charge in [0.25, 0.3) is 5.69 Å². The van der Waals surface area contributed by atoms with Crippen molar-refractivity contribution in [2.24, 2.45) is 0 Å². The van der Waals surface area contributed by atoms with E-state index in [-0.39, 0.29) is 10.6 Å². The second-order valence-corrected chi connectivity index (χ2v) is 5.71. The van der Waals surface area contributed by atoms with Crippen LogP contribution in [0.25, 0.3) is 0 Å². The van der Waals surface area contributed by atoms with Crippen molar-refractivity contribution >= 4 is 11.4 Å². The molecule has 2 unspecified atom stereocenters. The van der Waals surface area contributed by atoms with Crippen molar-refractivity contribution < 1.29 is 4.92 Å². The minimum atomic E-state index is -0.313. The Bertz CT molecular complexity index is 491. The van der Waals surface area contributed by atoms with E-state index in [2.05, 4.69) is 10.6 Å². The predicted octanol–water partition coefficient (Wildman–Crippen LogP) is 2.60. The highest BCUT2D eigenvalue weighted by Crippen LogP contribution is 2.30. The standard InChI is InChI=1S/C14H19N3O2/c1-9-2-3-12(8-14(9)17(18)19)16-13-6-10-4-5-11(7-13)15-10/h2-3,8,10-11,13,15-16H,4-7H2,1H3. The molecule has 0 radical (unpaired) electrons. The molecule has 2 heterocycles. The van der Waals surface area contributed by atoms with Crippen molar-refractivity contribution in [2.45, 2.75) is 50.7 Å². The molecule has 102 valence electrons. The summed E-state index contributed by atoms with van der Waals surface area (Å²) in [6.07, 6.45) is 4.74. The van der Waals surface area contributed by atoms with Crippen LogP contribution < -0.4 is 10.6 Å². The molecule has 3 rings (SSSR count). The molecule has 2 saturated heterocycles. The van der Waals surface area contributed by atoms with E-state index >= 15 is 0 Å². The maximum Gasteiger partial charge on any atom is 0.274 e. The van der Waals surface area contributed by atoms with Crippen LogP contribution in [0.5, 0.6) is 0 Å². The number of nitro benzene ring substituents is 1. The molecule has 0 aliphatic carbocycles. The summed E-state index contributed by atoms with van der Waals surface area (Å²) in [4.78, 5) is 10.6. The molecule has 0 amide bonds. The van der Waals surface area contributed by atoms with Crippen LogP contribution in [0.4, 0.5) is 11.4 Å². The van der Waals surface area contributed by atoms with E-state index in [1.165, 1.54) is 12.8 Å². The molecule has 5 nitrogen and oxygen atoms in total. The monoisotopic (exact) mass is 261 g/mol. The van der Waals surface area contributed by atoms with Crippen molar-refractivity contribution in [3.8, 4) is 0 Å². The Kier molecular flexibility index (Phi) is 3.14. The number of nitrogens with zero attached hydrogens (tertiary/aromatic N) is 1. The second-order valence-electron chi connectivity index (χ2n) is 5.71. The van der Waals surface area contributed by atoms with Crippen LogP contribution in [0.2, 0.25) is 0 Å². The summed E-state index contributed by atoms with van der Waals surface area (Å²) in [6.45, 7) is 1.77. The van der Waals surface area contributed by atoms with Gasteiger partial charge in [0.15, 0.2) is 0 Å². The zero-order valence-electron chi connectivity index (χ0n) is 11.1. The predicted molar refractivity (Wildman–Crippen MR) is 74.4 cm³/mol.